The van der Waals surface area contributed by atoms with Gasteiger partial charge in [-0.2, -0.15) is 0 Å². The van der Waals surface area contributed by atoms with E-state index < -0.39 is 12.0 Å². The molecule has 0 saturated heterocycles. The van der Waals surface area contributed by atoms with Crippen LogP contribution in [0.25, 0.3) is 0 Å². The van der Waals surface area contributed by atoms with Gasteiger partial charge in [-0.25, -0.2) is 0 Å². The van der Waals surface area contributed by atoms with Gasteiger partial charge in [0.15, 0.2) is 5.96 Å². The number of nitrogens with zero attached hydrogens (tertiary/aromatic N) is 1. The van der Waals surface area contributed by atoms with Crippen LogP contribution in [-0.2, 0) is 18.9 Å². The Morgan fingerprint density at radius 1 is 1.12 bits per heavy atom. The number of rotatable bonds is 8. The summed E-state index contributed by atoms with van der Waals surface area (Å²) in [7, 11) is 5.42. The third-order valence-electron chi connectivity index (χ3n) is 6.33. The van der Waals surface area contributed by atoms with Crippen LogP contribution in [0.4, 0.5) is 0 Å². The zero-order valence-corrected chi connectivity index (χ0v) is 21.9. The maximum atomic E-state index is 12.7. The second-order valence-corrected chi connectivity index (χ2v) is 10.2. The molecule has 0 aromatic heterocycles. The number of guanidine groups is 1. The van der Waals surface area contributed by atoms with Crippen molar-refractivity contribution in [3.05, 3.63) is 0 Å². The molecular weight excluding hydrogens is 488 g/mol. The number of hydrogen-bond donors (Lipinski definition) is 4. The lowest BCUT2D eigenvalue weighted by Gasteiger charge is -2.34. The Hall–Kier alpha value is -1.31. The van der Waals surface area contributed by atoms with Crippen molar-refractivity contribution in [3.63, 3.8) is 0 Å². The van der Waals surface area contributed by atoms with Crippen molar-refractivity contribution in [3.8, 4) is 0 Å². The van der Waals surface area contributed by atoms with Crippen LogP contribution in [0.3, 0.4) is 0 Å². The SMILES string of the molecule is CN=C(NC)NC1CCCC(C(=O)NCC(=O)NC(CC(=O)OP)C2CC(Cl)CC(Cl)C2)C1. The normalized spacial score (nSPS) is 28.9. The number of carbonyl (C=O) groups is 3. The summed E-state index contributed by atoms with van der Waals surface area (Å²) in [4.78, 5) is 41.3. The molecule has 188 valence electrons. The molecule has 9 nitrogen and oxygen atoms in total. The molecule has 2 saturated carbocycles. The van der Waals surface area contributed by atoms with E-state index in [9.17, 15) is 14.4 Å². The average molecular weight is 524 g/mol. The van der Waals surface area contributed by atoms with Crippen LogP contribution in [0, 0.1) is 11.8 Å². The number of aliphatic imine (C=N–C) groups is 1. The highest BCUT2D eigenvalue weighted by Gasteiger charge is 2.34. The topological polar surface area (TPSA) is 121 Å². The molecule has 33 heavy (non-hydrogen) atoms. The summed E-state index contributed by atoms with van der Waals surface area (Å²) in [6.45, 7) is -0.153. The highest BCUT2D eigenvalue weighted by molar-refractivity contribution is 7.10. The fourth-order valence-corrected chi connectivity index (χ4v) is 5.76. The first-order chi connectivity index (χ1) is 15.7. The maximum absolute atomic E-state index is 12.7. The molecule has 0 bridgehead atoms. The van der Waals surface area contributed by atoms with E-state index in [1.54, 1.807) is 14.1 Å². The molecule has 4 N–H and O–H groups in total. The van der Waals surface area contributed by atoms with Crippen molar-refractivity contribution >= 4 is 56.4 Å². The van der Waals surface area contributed by atoms with Crippen molar-refractivity contribution in [1.82, 2.24) is 21.3 Å². The number of alkyl halides is 2. The first kappa shape index (κ1) is 27.9. The number of amides is 2. The molecule has 0 aromatic carbocycles. The van der Waals surface area contributed by atoms with Gasteiger partial charge in [-0.1, -0.05) is 6.42 Å². The minimum atomic E-state index is -0.457. The van der Waals surface area contributed by atoms with Gasteiger partial charge in [-0.05, 0) is 44.4 Å². The van der Waals surface area contributed by atoms with E-state index in [1.807, 2.05) is 9.47 Å². The van der Waals surface area contributed by atoms with Crippen molar-refractivity contribution in [2.75, 3.05) is 20.6 Å². The minimum Gasteiger partial charge on any atom is -0.451 e. The smallest absolute Gasteiger partial charge is 0.310 e. The lowest BCUT2D eigenvalue weighted by Crippen LogP contribution is -2.49. The van der Waals surface area contributed by atoms with Crippen LogP contribution < -0.4 is 21.3 Å². The Morgan fingerprint density at radius 2 is 1.82 bits per heavy atom. The minimum absolute atomic E-state index is 0.0177. The summed E-state index contributed by atoms with van der Waals surface area (Å²) in [5.74, 6) is -0.468. The first-order valence-corrected chi connectivity index (χ1v) is 12.8. The molecule has 2 aliphatic rings. The molecule has 2 aliphatic carbocycles. The summed E-state index contributed by atoms with van der Waals surface area (Å²) < 4.78 is 4.71. The molecular formula is C21H36Cl2N5O4P. The van der Waals surface area contributed by atoms with E-state index in [4.69, 9.17) is 27.7 Å². The van der Waals surface area contributed by atoms with E-state index in [1.165, 1.54) is 0 Å². The maximum Gasteiger partial charge on any atom is 0.310 e. The average Bonchev–Trinajstić information content (AvgIpc) is 2.79. The van der Waals surface area contributed by atoms with Crippen molar-refractivity contribution < 1.29 is 18.9 Å². The van der Waals surface area contributed by atoms with Crippen LogP contribution in [-0.4, -0.2) is 67.2 Å². The molecule has 0 aliphatic heterocycles. The van der Waals surface area contributed by atoms with Gasteiger partial charge in [0, 0.05) is 42.9 Å². The molecule has 0 aromatic rings. The predicted molar refractivity (Wildman–Crippen MR) is 133 cm³/mol. The Kier molecular flexibility index (Phi) is 12.0. The van der Waals surface area contributed by atoms with Gasteiger partial charge in [0.1, 0.15) is 0 Å². The highest BCUT2D eigenvalue weighted by atomic mass is 35.5. The quantitative estimate of drug-likeness (QED) is 0.166. The molecule has 2 fully saturated rings. The van der Waals surface area contributed by atoms with Crippen molar-refractivity contribution in [1.29, 1.82) is 0 Å². The lowest BCUT2D eigenvalue weighted by molar-refractivity contribution is -0.135. The van der Waals surface area contributed by atoms with Crippen molar-refractivity contribution in [2.45, 2.75) is 74.2 Å². The van der Waals surface area contributed by atoms with Gasteiger partial charge < -0.3 is 25.8 Å². The monoisotopic (exact) mass is 523 g/mol. The zero-order chi connectivity index (χ0) is 24.4. The molecule has 2 rings (SSSR count). The Morgan fingerprint density at radius 3 is 2.42 bits per heavy atom. The molecule has 6 unspecified atom stereocenters. The number of nitrogens with one attached hydrogen (secondary N) is 4. The largest absolute Gasteiger partial charge is 0.451 e. The second kappa shape index (κ2) is 14.2. The number of halogens is 2. The van der Waals surface area contributed by atoms with Gasteiger partial charge in [0.2, 0.25) is 11.8 Å². The Bertz CT molecular complexity index is 704. The predicted octanol–water partition coefficient (Wildman–Crippen LogP) is 1.68. The van der Waals surface area contributed by atoms with Crippen LogP contribution >= 0.6 is 32.7 Å². The third kappa shape index (κ3) is 9.45. The summed E-state index contributed by atoms with van der Waals surface area (Å²) in [6.07, 6.45) is 5.35. The zero-order valence-electron chi connectivity index (χ0n) is 19.2. The summed E-state index contributed by atoms with van der Waals surface area (Å²) in [6, 6.07) is -0.308. The third-order valence-corrected chi connectivity index (χ3v) is 7.31. The van der Waals surface area contributed by atoms with Crippen molar-refractivity contribution in [2.24, 2.45) is 16.8 Å². The van der Waals surface area contributed by atoms with E-state index in [2.05, 4.69) is 26.3 Å². The van der Waals surface area contributed by atoms with Crippen LogP contribution in [0.15, 0.2) is 4.99 Å². The highest BCUT2D eigenvalue weighted by Crippen LogP contribution is 2.34. The molecule has 6 atom stereocenters. The summed E-state index contributed by atoms with van der Waals surface area (Å²) in [5, 5.41) is 11.7. The second-order valence-electron chi connectivity index (χ2n) is 8.77. The van der Waals surface area contributed by atoms with E-state index in [0.717, 1.165) is 19.3 Å². The van der Waals surface area contributed by atoms with Gasteiger partial charge in [0.25, 0.3) is 0 Å². The molecule has 0 radical (unpaired) electrons. The molecule has 0 heterocycles. The van der Waals surface area contributed by atoms with E-state index in [0.29, 0.717) is 31.6 Å². The molecule has 0 spiro atoms. The van der Waals surface area contributed by atoms with E-state index >= 15 is 0 Å². The number of hydrogen-bond acceptors (Lipinski definition) is 5. The van der Waals surface area contributed by atoms with Gasteiger partial charge >= 0.3 is 5.97 Å². The van der Waals surface area contributed by atoms with Crippen LogP contribution in [0.1, 0.15) is 51.4 Å². The fraction of sp³-hybridized carbons (Fsp3) is 0.810. The standard InChI is InChI=1S/C21H36Cl2N5O4P/c1-24-21(25-2)27-16-5-3-4-12(8-16)20(31)26-11-18(29)28-17(10-19(30)32-33)13-6-14(22)9-15(23)7-13/h12-17H,3-11,33H2,1-2H3,(H,26,31)(H,28,29)(H2,24,25,27). The van der Waals surface area contributed by atoms with Gasteiger partial charge in [0.05, 0.1) is 22.4 Å². The lowest BCUT2D eigenvalue weighted by atomic mass is 9.82. The molecule has 12 heteroatoms. The van der Waals surface area contributed by atoms with Crippen LogP contribution in [0.2, 0.25) is 0 Å². The fourth-order valence-electron chi connectivity index (χ4n) is 4.69. The molecule has 2 amide bonds. The van der Waals surface area contributed by atoms with Crippen LogP contribution in [0.5, 0.6) is 0 Å². The summed E-state index contributed by atoms with van der Waals surface area (Å²) in [5.41, 5.74) is 0. The number of carbonyl (C=O) groups excluding carboxylic acids is 3. The Labute approximate surface area is 208 Å². The summed E-state index contributed by atoms with van der Waals surface area (Å²) >= 11 is 12.6. The van der Waals surface area contributed by atoms with E-state index in [-0.39, 0.29) is 53.4 Å². The van der Waals surface area contributed by atoms with Gasteiger partial charge in [-0.3, -0.25) is 19.4 Å². The van der Waals surface area contributed by atoms with Gasteiger partial charge in [-0.15, -0.1) is 23.2 Å². The Balaban J connectivity index is 1.87. The first-order valence-electron chi connectivity index (χ1n) is 11.4.